The van der Waals surface area contributed by atoms with Crippen molar-refractivity contribution in [3.8, 4) is 0 Å². The van der Waals surface area contributed by atoms with Gasteiger partial charge in [0, 0.05) is 25.7 Å². The monoisotopic (exact) mass is 313 g/mol. The number of likely N-dealkylation sites (tertiary alicyclic amines) is 1. The number of carbonyl (C=O) groups is 2. The van der Waals surface area contributed by atoms with Gasteiger partial charge in [-0.05, 0) is 53.9 Å². The maximum absolute atomic E-state index is 12.2. The lowest BCUT2D eigenvalue weighted by molar-refractivity contribution is -0.136. The minimum atomic E-state index is -0.516. The van der Waals surface area contributed by atoms with Gasteiger partial charge in [-0.25, -0.2) is 4.79 Å². The van der Waals surface area contributed by atoms with E-state index in [1.807, 2.05) is 32.6 Å². The minimum Gasteiger partial charge on any atom is -0.444 e. The first-order valence-electron chi connectivity index (χ1n) is 8.19. The van der Waals surface area contributed by atoms with Crippen LogP contribution < -0.4 is 5.73 Å². The Bertz CT molecular complexity index is 391. The first kappa shape index (κ1) is 18.7. The van der Waals surface area contributed by atoms with Crippen LogP contribution in [0, 0.1) is 0 Å². The molecule has 0 radical (unpaired) electrons. The van der Waals surface area contributed by atoms with Crippen molar-refractivity contribution in [3.63, 3.8) is 0 Å². The SMILES string of the molecule is CCN(CC1CCCCN1C(=O)C(C)N)C(=O)OC(C)(C)C. The van der Waals surface area contributed by atoms with Gasteiger partial charge in [0.25, 0.3) is 0 Å². The summed E-state index contributed by atoms with van der Waals surface area (Å²) in [5.41, 5.74) is 5.22. The van der Waals surface area contributed by atoms with E-state index in [9.17, 15) is 9.59 Å². The van der Waals surface area contributed by atoms with E-state index in [0.717, 1.165) is 25.8 Å². The standard InChI is InChI=1S/C16H31N3O3/c1-6-18(15(21)22-16(3,4)5)11-13-9-7-8-10-19(13)14(20)12(2)17/h12-13H,6-11,17H2,1-5H3. The Kier molecular flexibility index (Phi) is 6.66. The molecule has 0 spiro atoms. The Morgan fingerprint density at radius 3 is 2.50 bits per heavy atom. The molecule has 2 atom stereocenters. The molecule has 0 aromatic carbocycles. The third-order valence-corrected chi connectivity index (χ3v) is 3.76. The second-order valence-corrected chi connectivity index (χ2v) is 6.99. The summed E-state index contributed by atoms with van der Waals surface area (Å²) in [7, 11) is 0. The van der Waals surface area contributed by atoms with Gasteiger partial charge in [-0.2, -0.15) is 0 Å². The molecule has 22 heavy (non-hydrogen) atoms. The number of ether oxygens (including phenoxy) is 1. The second-order valence-electron chi connectivity index (χ2n) is 6.99. The van der Waals surface area contributed by atoms with Crippen molar-refractivity contribution in [2.45, 2.75) is 71.6 Å². The fraction of sp³-hybridized carbons (Fsp3) is 0.875. The molecule has 1 saturated heterocycles. The first-order chi connectivity index (χ1) is 10.2. The van der Waals surface area contributed by atoms with Crippen LogP contribution in [0.1, 0.15) is 53.9 Å². The van der Waals surface area contributed by atoms with Crippen LogP contribution in [-0.4, -0.2) is 59.1 Å². The summed E-state index contributed by atoms with van der Waals surface area (Å²) in [6.45, 7) is 11.0. The van der Waals surface area contributed by atoms with Crippen LogP contribution in [0.15, 0.2) is 0 Å². The molecule has 2 unspecified atom stereocenters. The quantitative estimate of drug-likeness (QED) is 0.861. The number of amides is 2. The Morgan fingerprint density at radius 2 is 2.00 bits per heavy atom. The summed E-state index contributed by atoms with van der Waals surface area (Å²) >= 11 is 0. The Balaban J connectivity index is 2.74. The summed E-state index contributed by atoms with van der Waals surface area (Å²) in [6, 6.07) is -0.475. The molecule has 2 N–H and O–H groups in total. The molecule has 128 valence electrons. The number of likely N-dealkylation sites (N-methyl/N-ethyl adjacent to an activating group) is 1. The number of nitrogens with two attached hydrogens (primary N) is 1. The fourth-order valence-electron chi connectivity index (χ4n) is 2.66. The minimum absolute atomic E-state index is 0.0275. The van der Waals surface area contributed by atoms with Gasteiger partial charge >= 0.3 is 6.09 Å². The highest BCUT2D eigenvalue weighted by Crippen LogP contribution is 2.20. The second kappa shape index (κ2) is 7.81. The largest absolute Gasteiger partial charge is 0.444 e. The van der Waals surface area contributed by atoms with Crippen molar-refractivity contribution < 1.29 is 14.3 Å². The highest BCUT2D eigenvalue weighted by Gasteiger charge is 2.31. The van der Waals surface area contributed by atoms with E-state index in [1.54, 1.807) is 11.8 Å². The Labute approximate surface area is 134 Å². The molecule has 6 nitrogen and oxygen atoms in total. The van der Waals surface area contributed by atoms with Crippen LogP contribution in [0.2, 0.25) is 0 Å². The van der Waals surface area contributed by atoms with Crippen LogP contribution in [0.5, 0.6) is 0 Å². The molecular weight excluding hydrogens is 282 g/mol. The normalized spacial score (nSPS) is 20.5. The zero-order chi connectivity index (χ0) is 16.9. The van der Waals surface area contributed by atoms with Crippen LogP contribution in [0.4, 0.5) is 4.79 Å². The van der Waals surface area contributed by atoms with E-state index in [0.29, 0.717) is 13.1 Å². The van der Waals surface area contributed by atoms with Crippen LogP contribution in [0.25, 0.3) is 0 Å². The lowest BCUT2D eigenvalue weighted by Gasteiger charge is -2.39. The summed E-state index contributed by atoms with van der Waals surface area (Å²) < 4.78 is 5.43. The van der Waals surface area contributed by atoms with Gasteiger partial charge in [-0.15, -0.1) is 0 Å². The van der Waals surface area contributed by atoms with Gasteiger partial charge in [-0.1, -0.05) is 0 Å². The zero-order valence-electron chi connectivity index (χ0n) is 14.6. The van der Waals surface area contributed by atoms with E-state index in [-0.39, 0.29) is 18.0 Å². The van der Waals surface area contributed by atoms with Gasteiger partial charge in [0.2, 0.25) is 5.91 Å². The van der Waals surface area contributed by atoms with Crippen molar-refractivity contribution >= 4 is 12.0 Å². The van der Waals surface area contributed by atoms with Gasteiger partial charge in [0.15, 0.2) is 0 Å². The highest BCUT2D eigenvalue weighted by molar-refractivity contribution is 5.81. The molecule has 1 aliphatic heterocycles. The molecule has 0 saturated carbocycles. The lowest BCUT2D eigenvalue weighted by Crippen LogP contribution is -2.54. The van der Waals surface area contributed by atoms with E-state index in [2.05, 4.69) is 0 Å². The summed E-state index contributed by atoms with van der Waals surface area (Å²) in [4.78, 5) is 28.0. The van der Waals surface area contributed by atoms with E-state index >= 15 is 0 Å². The Hall–Kier alpha value is -1.30. The molecule has 0 bridgehead atoms. The predicted octanol–water partition coefficient (Wildman–Crippen LogP) is 1.97. The lowest BCUT2D eigenvalue weighted by atomic mass is 10.0. The maximum Gasteiger partial charge on any atom is 0.410 e. The number of nitrogens with zero attached hydrogens (tertiary/aromatic N) is 2. The van der Waals surface area contributed by atoms with Crippen LogP contribution >= 0.6 is 0 Å². The Morgan fingerprint density at radius 1 is 1.36 bits per heavy atom. The molecule has 1 heterocycles. The van der Waals surface area contributed by atoms with Gasteiger partial charge in [0.1, 0.15) is 5.60 Å². The molecular formula is C16H31N3O3. The molecule has 0 aromatic rings. The third-order valence-electron chi connectivity index (χ3n) is 3.76. The third kappa shape index (κ3) is 5.48. The molecule has 0 aromatic heterocycles. The zero-order valence-corrected chi connectivity index (χ0v) is 14.6. The number of hydrogen-bond donors (Lipinski definition) is 1. The summed E-state index contributed by atoms with van der Waals surface area (Å²) in [5.74, 6) is -0.0371. The first-order valence-corrected chi connectivity index (χ1v) is 8.19. The number of rotatable bonds is 4. The number of carbonyl (C=O) groups excluding carboxylic acids is 2. The molecule has 1 aliphatic rings. The molecule has 6 heteroatoms. The topological polar surface area (TPSA) is 75.9 Å². The van der Waals surface area contributed by atoms with E-state index < -0.39 is 11.6 Å². The molecule has 1 rings (SSSR count). The van der Waals surface area contributed by atoms with Gasteiger partial charge < -0.3 is 20.3 Å². The molecule has 0 aliphatic carbocycles. The highest BCUT2D eigenvalue weighted by atomic mass is 16.6. The summed E-state index contributed by atoms with van der Waals surface area (Å²) in [5, 5.41) is 0. The number of piperidine rings is 1. The van der Waals surface area contributed by atoms with Crippen molar-refractivity contribution in [1.82, 2.24) is 9.80 Å². The van der Waals surface area contributed by atoms with Crippen LogP contribution in [0.3, 0.4) is 0 Å². The van der Waals surface area contributed by atoms with Gasteiger partial charge in [-0.3, -0.25) is 4.79 Å². The van der Waals surface area contributed by atoms with Crippen molar-refractivity contribution in [1.29, 1.82) is 0 Å². The number of hydrogen-bond acceptors (Lipinski definition) is 4. The maximum atomic E-state index is 12.2. The van der Waals surface area contributed by atoms with Crippen molar-refractivity contribution in [2.75, 3.05) is 19.6 Å². The van der Waals surface area contributed by atoms with E-state index in [4.69, 9.17) is 10.5 Å². The molecule has 2 amide bonds. The fourth-order valence-corrected chi connectivity index (χ4v) is 2.66. The van der Waals surface area contributed by atoms with Crippen molar-refractivity contribution in [3.05, 3.63) is 0 Å². The predicted molar refractivity (Wildman–Crippen MR) is 86.5 cm³/mol. The molecule has 1 fully saturated rings. The van der Waals surface area contributed by atoms with Gasteiger partial charge in [0.05, 0.1) is 6.04 Å². The van der Waals surface area contributed by atoms with Crippen molar-refractivity contribution in [2.24, 2.45) is 5.73 Å². The van der Waals surface area contributed by atoms with Crippen LogP contribution in [-0.2, 0) is 9.53 Å². The smallest absolute Gasteiger partial charge is 0.410 e. The summed E-state index contributed by atoms with van der Waals surface area (Å²) in [6.07, 6.45) is 2.64. The average Bonchev–Trinajstić information content (AvgIpc) is 2.42. The van der Waals surface area contributed by atoms with E-state index in [1.165, 1.54) is 0 Å². The average molecular weight is 313 g/mol.